The molecule has 6 heteroatoms. The lowest BCUT2D eigenvalue weighted by Crippen LogP contribution is -2.17. The van der Waals surface area contributed by atoms with Gasteiger partial charge in [-0.15, -0.1) is 0 Å². The highest BCUT2D eigenvalue weighted by Gasteiger charge is 2.10. The van der Waals surface area contributed by atoms with E-state index < -0.39 is 11.6 Å². The number of halogens is 1. The number of hydrogen-bond donors (Lipinski definition) is 0. The maximum absolute atomic E-state index is 11.9. The summed E-state index contributed by atoms with van der Waals surface area (Å²) in [5, 5.41) is 0.827. The van der Waals surface area contributed by atoms with Crippen molar-refractivity contribution >= 4 is 32.9 Å². The van der Waals surface area contributed by atoms with Crippen LogP contribution in [0.15, 0.2) is 62.2 Å². The number of esters is 1. The Kier molecular flexibility index (Phi) is 5.19. The van der Waals surface area contributed by atoms with Crippen LogP contribution in [0, 0.1) is 0 Å². The topological polar surface area (TPSA) is 65.7 Å². The molecular formula is C19H15BrO5. The van der Waals surface area contributed by atoms with Gasteiger partial charge < -0.3 is 13.9 Å². The summed E-state index contributed by atoms with van der Waals surface area (Å²) < 4.78 is 16.7. The van der Waals surface area contributed by atoms with Crippen molar-refractivity contribution in [3.63, 3.8) is 0 Å². The van der Waals surface area contributed by atoms with Gasteiger partial charge in [-0.2, -0.15) is 0 Å². The summed E-state index contributed by atoms with van der Waals surface area (Å²) in [5.41, 5.74) is 0.859. The summed E-state index contributed by atoms with van der Waals surface area (Å²) in [5.74, 6) is 0.321. The van der Waals surface area contributed by atoms with Crippen LogP contribution in [0.1, 0.15) is 12.5 Å². The van der Waals surface area contributed by atoms with Crippen molar-refractivity contribution in [3.05, 3.63) is 69.0 Å². The zero-order valence-electron chi connectivity index (χ0n) is 13.5. The molecule has 0 unspecified atom stereocenters. The van der Waals surface area contributed by atoms with E-state index in [4.69, 9.17) is 13.9 Å². The van der Waals surface area contributed by atoms with Crippen molar-refractivity contribution in [2.24, 2.45) is 0 Å². The van der Waals surface area contributed by atoms with Crippen molar-refractivity contribution in [1.29, 1.82) is 0 Å². The number of carbonyl (C=O) groups is 1. The number of hydrogen-bond acceptors (Lipinski definition) is 5. The molecule has 0 radical (unpaired) electrons. The minimum atomic E-state index is -0.545. The monoisotopic (exact) mass is 402 g/mol. The van der Waals surface area contributed by atoms with Crippen LogP contribution in [0.3, 0.4) is 0 Å². The molecule has 1 aromatic heterocycles. The zero-order valence-corrected chi connectivity index (χ0v) is 15.0. The lowest BCUT2D eigenvalue weighted by Gasteiger charge is -2.08. The van der Waals surface area contributed by atoms with Crippen LogP contribution < -0.4 is 15.1 Å². The molecule has 128 valence electrons. The molecule has 25 heavy (non-hydrogen) atoms. The van der Waals surface area contributed by atoms with E-state index in [1.54, 1.807) is 24.3 Å². The van der Waals surface area contributed by atoms with E-state index in [0.29, 0.717) is 23.5 Å². The fourth-order valence-corrected chi connectivity index (χ4v) is 2.66. The molecule has 0 atom stereocenters. The molecule has 0 saturated carbocycles. The summed E-state index contributed by atoms with van der Waals surface area (Å²) in [7, 11) is 0. The van der Waals surface area contributed by atoms with Gasteiger partial charge in [-0.05, 0) is 48.4 Å². The number of rotatable bonds is 5. The fourth-order valence-electron chi connectivity index (χ4n) is 2.40. The third-order valence-corrected chi connectivity index (χ3v) is 4.11. The normalized spacial score (nSPS) is 10.6. The van der Waals surface area contributed by atoms with Crippen molar-refractivity contribution in [1.82, 2.24) is 0 Å². The van der Waals surface area contributed by atoms with Crippen LogP contribution in [-0.2, 0) is 11.2 Å². The number of aryl methyl sites for hydroxylation is 1. The third-order valence-electron chi connectivity index (χ3n) is 3.58. The molecule has 0 N–H and O–H groups in total. The molecule has 3 aromatic rings. The van der Waals surface area contributed by atoms with Crippen molar-refractivity contribution < 1.29 is 18.7 Å². The Morgan fingerprint density at radius 3 is 2.52 bits per heavy atom. The first-order valence-electron chi connectivity index (χ1n) is 7.71. The van der Waals surface area contributed by atoms with Gasteiger partial charge in [0, 0.05) is 22.0 Å². The average Bonchev–Trinajstić information content (AvgIpc) is 2.60. The van der Waals surface area contributed by atoms with Gasteiger partial charge >= 0.3 is 11.6 Å². The molecule has 0 aliphatic heterocycles. The van der Waals surface area contributed by atoms with Crippen LogP contribution in [-0.4, -0.2) is 12.6 Å². The summed E-state index contributed by atoms with van der Waals surface area (Å²) >= 11 is 3.33. The first-order chi connectivity index (χ1) is 12.0. The van der Waals surface area contributed by atoms with E-state index in [-0.39, 0.29) is 6.61 Å². The summed E-state index contributed by atoms with van der Waals surface area (Å²) in [6.45, 7) is 1.74. The fraction of sp³-hybridized carbons (Fsp3) is 0.158. The van der Waals surface area contributed by atoms with E-state index in [0.717, 1.165) is 15.4 Å². The van der Waals surface area contributed by atoms with Gasteiger partial charge in [0.15, 0.2) is 6.61 Å². The SMILES string of the molecule is CCc1cc(=O)oc2cc(OC(=O)COc3ccc(Br)cc3)ccc12. The Balaban J connectivity index is 1.70. The summed E-state index contributed by atoms with van der Waals surface area (Å²) in [4.78, 5) is 23.5. The highest BCUT2D eigenvalue weighted by molar-refractivity contribution is 9.10. The second kappa shape index (κ2) is 7.53. The molecule has 1 heterocycles. The number of benzene rings is 2. The minimum Gasteiger partial charge on any atom is -0.482 e. The maximum atomic E-state index is 11.9. The Morgan fingerprint density at radius 1 is 1.08 bits per heavy atom. The second-order valence-electron chi connectivity index (χ2n) is 5.32. The van der Waals surface area contributed by atoms with E-state index in [9.17, 15) is 9.59 Å². The molecule has 2 aromatic carbocycles. The van der Waals surface area contributed by atoms with E-state index in [1.807, 2.05) is 19.1 Å². The molecule has 0 bridgehead atoms. The Labute approximate surface area is 152 Å². The van der Waals surface area contributed by atoms with Gasteiger partial charge in [0.25, 0.3) is 0 Å². The van der Waals surface area contributed by atoms with Crippen molar-refractivity contribution in [2.75, 3.05) is 6.61 Å². The average molecular weight is 403 g/mol. The van der Waals surface area contributed by atoms with E-state index >= 15 is 0 Å². The summed E-state index contributed by atoms with van der Waals surface area (Å²) in [6.07, 6.45) is 0.711. The van der Waals surface area contributed by atoms with Gasteiger partial charge in [0.2, 0.25) is 0 Å². The quantitative estimate of drug-likeness (QED) is 0.365. The Bertz CT molecular complexity index is 960. The van der Waals surface area contributed by atoms with Gasteiger partial charge in [0.05, 0.1) is 0 Å². The Morgan fingerprint density at radius 2 is 1.80 bits per heavy atom. The molecule has 0 fully saturated rings. The molecule has 0 amide bonds. The number of carbonyl (C=O) groups excluding carboxylic acids is 1. The lowest BCUT2D eigenvalue weighted by molar-refractivity contribution is -0.136. The summed E-state index contributed by atoms with van der Waals surface area (Å²) in [6, 6.07) is 13.6. The minimum absolute atomic E-state index is 0.224. The van der Waals surface area contributed by atoms with Crippen LogP contribution in [0.25, 0.3) is 11.0 Å². The molecular weight excluding hydrogens is 388 g/mol. The first-order valence-corrected chi connectivity index (χ1v) is 8.50. The lowest BCUT2D eigenvalue weighted by atomic mass is 10.1. The zero-order chi connectivity index (χ0) is 17.8. The predicted molar refractivity (Wildman–Crippen MR) is 97.1 cm³/mol. The predicted octanol–water partition coefficient (Wildman–Crippen LogP) is 4.10. The smallest absolute Gasteiger partial charge is 0.349 e. The second-order valence-corrected chi connectivity index (χ2v) is 6.23. The van der Waals surface area contributed by atoms with Crippen LogP contribution in [0.2, 0.25) is 0 Å². The van der Waals surface area contributed by atoms with Gasteiger partial charge in [-0.25, -0.2) is 9.59 Å². The molecule has 0 saturated heterocycles. The van der Waals surface area contributed by atoms with Crippen molar-refractivity contribution in [2.45, 2.75) is 13.3 Å². The number of ether oxygens (including phenoxy) is 2. The molecule has 0 aliphatic carbocycles. The molecule has 5 nitrogen and oxygen atoms in total. The molecule has 0 aliphatic rings. The molecule has 3 rings (SSSR count). The van der Waals surface area contributed by atoms with Gasteiger partial charge in [-0.1, -0.05) is 22.9 Å². The Hall–Kier alpha value is -2.60. The standard InChI is InChI=1S/C19H15BrO5/c1-2-12-9-18(21)25-17-10-15(7-8-16(12)17)24-19(22)11-23-14-5-3-13(20)4-6-14/h3-10H,2,11H2,1H3. The van der Waals surface area contributed by atoms with Crippen LogP contribution >= 0.6 is 15.9 Å². The van der Waals surface area contributed by atoms with E-state index in [2.05, 4.69) is 15.9 Å². The van der Waals surface area contributed by atoms with Gasteiger partial charge in [-0.3, -0.25) is 0 Å². The largest absolute Gasteiger partial charge is 0.482 e. The maximum Gasteiger partial charge on any atom is 0.349 e. The van der Waals surface area contributed by atoms with Crippen molar-refractivity contribution in [3.8, 4) is 11.5 Å². The van der Waals surface area contributed by atoms with Crippen LogP contribution in [0.5, 0.6) is 11.5 Å². The highest BCUT2D eigenvalue weighted by atomic mass is 79.9. The van der Waals surface area contributed by atoms with Gasteiger partial charge in [0.1, 0.15) is 17.1 Å². The third kappa shape index (κ3) is 4.28. The van der Waals surface area contributed by atoms with E-state index in [1.165, 1.54) is 12.1 Å². The number of fused-ring (bicyclic) bond motifs is 1. The highest BCUT2D eigenvalue weighted by Crippen LogP contribution is 2.23. The first kappa shape index (κ1) is 17.2. The molecule has 0 spiro atoms. The van der Waals surface area contributed by atoms with Crippen LogP contribution in [0.4, 0.5) is 0 Å².